The molecule has 1 aromatic heterocycles. The Kier molecular flexibility index (Phi) is 4.94. The van der Waals surface area contributed by atoms with Crippen LogP contribution in [0.15, 0.2) is 48.7 Å². The van der Waals surface area contributed by atoms with Crippen LogP contribution in [0.1, 0.15) is 47.2 Å². The average Bonchev–Trinajstić information content (AvgIpc) is 3.49. The third-order valence-corrected chi connectivity index (χ3v) is 7.64. The Morgan fingerprint density at radius 1 is 1.06 bits per heavy atom. The molecule has 3 aliphatic heterocycles. The lowest BCUT2D eigenvalue weighted by molar-refractivity contribution is -0.144. The van der Waals surface area contributed by atoms with E-state index < -0.39 is 0 Å². The zero-order valence-corrected chi connectivity index (χ0v) is 18.6. The van der Waals surface area contributed by atoms with Crippen molar-refractivity contribution in [2.75, 3.05) is 26.2 Å². The highest BCUT2D eigenvalue weighted by Gasteiger charge is 2.44. The van der Waals surface area contributed by atoms with Crippen molar-refractivity contribution in [3.05, 3.63) is 65.4 Å². The number of fused-ring (bicyclic) bond motifs is 3. The molecule has 3 aliphatic rings. The molecule has 2 saturated heterocycles. The Balaban J connectivity index is 1.11. The van der Waals surface area contributed by atoms with Crippen LogP contribution >= 0.6 is 0 Å². The van der Waals surface area contributed by atoms with Gasteiger partial charge >= 0.3 is 0 Å². The molecule has 2 fully saturated rings. The van der Waals surface area contributed by atoms with E-state index in [1.165, 1.54) is 11.1 Å². The first-order valence-corrected chi connectivity index (χ1v) is 11.9. The van der Waals surface area contributed by atoms with E-state index in [4.69, 9.17) is 4.74 Å². The first kappa shape index (κ1) is 20.4. The number of nitrogens with zero attached hydrogens (tertiary/aromatic N) is 3. The molecule has 1 atom stereocenters. The summed E-state index contributed by atoms with van der Waals surface area (Å²) in [4.78, 5) is 30.4. The SMILES string of the molecule is O=C(c1ccc2[nH]ncc2c1)N1CCCC(C(=O)N2CCC3(CC2)OCc2ccccc23)C1. The topological polar surface area (TPSA) is 78.5 Å². The molecular weight excluding hydrogens is 416 g/mol. The molecule has 0 aliphatic carbocycles. The maximum Gasteiger partial charge on any atom is 0.253 e. The van der Waals surface area contributed by atoms with Gasteiger partial charge in [0.05, 0.1) is 29.8 Å². The number of hydrogen-bond donors (Lipinski definition) is 1. The Morgan fingerprint density at radius 2 is 1.91 bits per heavy atom. The third kappa shape index (κ3) is 3.51. The van der Waals surface area contributed by atoms with Gasteiger partial charge in [-0.05, 0) is 55.0 Å². The quantitative estimate of drug-likeness (QED) is 0.657. The van der Waals surface area contributed by atoms with Crippen LogP contribution in [-0.2, 0) is 21.7 Å². The van der Waals surface area contributed by atoms with Crippen molar-refractivity contribution in [2.45, 2.75) is 37.9 Å². The van der Waals surface area contributed by atoms with Gasteiger partial charge in [-0.2, -0.15) is 5.10 Å². The van der Waals surface area contributed by atoms with Crippen LogP contribution in [0.25, 0.3) is 10.9 Å². The maximum atomic E-state index is 13.4. The van der Waals surface area contributed by atoms with Gasteiger partial charge in [0.1, 0.15) is 0 Å². The second kappa shape index (κ2) is 7.99. The minimum Gasteiger partial charge on any atom is -0.365 e. The number of benzene rings is 2. The summed E-state index contributed by atoms with van der Waals surface area (Å²) < 4.78 is 6.25. The molecule has 3 aromatic rings. The maximum absolute atomic E-state index is 13.4. The van der Waals surface area contributed by atoms with Gasteiger partial charge in [-0.25, -0.2) is 0 Å². The monoisotopic (exact) mass is 444 g/mol. The van der Waals surface area contributed by atoms with Gasteiger partial charge in [-0.3, -0.25) is 14.7 Å². The number of carbonyl (C=O) groups excluding carboxylic acids is 2. The predicted molar refractivity (Wildman–Crippen MR) is 123 cm³/mol. The van der Waals surface area contributed by atoms with E-state index in [-0.39, 0.29) is 23.3 Å². The van der Waals surface area contributed by atoms with Crippen LogP contribution in [0.2, 0.25) is 0 Å². The molecule has 2 amide bonds. The summed E-state index contributed by atoms with van der Waals surface area (Å²) in [6.07, 6.45) is 5.07. The van der Waals surface area contributed by atoms with Crippen LogP contribution in [-0.4, -0.2) is 58.0 Å². The second-order valence-electron chi connectivity index (χ2n) is 9.53. The van der Waals surface area contributed by atoms with Gasteiger partial charge in [0.25, 0.3) is 5.91 Å². The zero-order chi connectivity index (χ0) is 22.4. The standard InChI is InChI=1S/C26H28N4O3/c31-24(18-7-8-23-21(14-18)15-27-28-23)30-11-3-5-19(16-30)25(32)29-12-9-26(10-13-29)22-6-2-1-4-20(22)17-33-26/h1-2,4,6-8,14-15,19H,3,5,9-13,16-17H2,(H,27,28). The molecule has 170 valence electrons. The van der Waals surface area contributed by atoms with Crippen LogP contribution in [0.4, 0.5) is 0 Å². The number of aromatic amines is 1. The van der Waals surface area contributed by atoms with E-state index in [9.17, 15) is 9.59 Å². The molecule has 0 bridgehead atoms. The van der Waals surface area contributed by atoms with Crippen molar-refractivity contribution < 1.29 is 14.3 Å². The molecule has 1 N–H and O–H groups in total. The highest BCUT2D eigenvalue weighted by molar-refractivity contribution is 5.98. The summed E-state index contributed by atoms with van der Waals surface area (Å²) in [5.74, 6) is 0.0364. The fraction of sp³-hybridized carbons (Fsp3) is 0.423. The smallest absolute Gasteiger partial charge is 0.253 e. The molecule has 33 heavy (non-hydrogen) atoms. The largest absolute Gasteiger partial charge is 0.365 e. The summed E-state index contributed by atoms with van der Waals surface area (Å²) in [7, 11) is 0. The van der Waals surface area contributed by atoms with Gasteiger partial charge in [0, 0.05) is 37.1 Å². The summed E-state index contributed by atoms with van der Waals surface area (Å²) in [6, 6.07) is 14.0. The Labute approximate surface area is 192 Å². The Morgan fingerprint density at radius 3 is 2.79 bits per heavy atom. The van der Waals surface area contributed by atoms with E-state index in [1.807, 2.05) is 28.0 Å². The van der Waals surface area contributed by atoms with Gasteiger partial charge in [-0.1, -0.05) is 24.3 Å². The third-order valence-electron chi connectivity index (χ3n) is 7.64. The summed E-state index contributed by atoms with van der Waals surface area (Å²) in [6.45, 7) is 3.25. The van der Waals surface area contributed by atoms with Gasteiger partial charge in [0.15, 0.2) is 0 Å². The summed E-state index contributed by atoms with van der Waals surface area (Å²) >= 11 is 0. The lowest BCUT2D eigenvalue weighted by atomic mass is 9.83. The second-order valence-corrected chi connectivity index (χ2v) is 9.53. The molecule has 1 spiro atoms. The fourth-order valence-corrected chi connectivity index (χ4v) is 5.77. The number of amides is 2. The number of rotatable bonds is 2. The number of aromatic nitrogens is 2. The number of likely N-dealkylation sites (tertiary alicyclic amines) is 2. The number of ether oxygens (including phenoxy) is 1. The normalized spacial score (nSPS) is 22.0. The molecule has 7 nitrogen and oxygen atoms in total. The van der Waals surface area contributed by atoms with Crippen LogP contribution in [0.3, 0.4) is 0 Å². The zero-order valence-electron chi connectivity index (χ0n) is 18.6. The van der Waals surface area contributed by atoms with Crippen molar-refractivity contribution in [1.29, 1.82) is 0 Å². The van der Waals surface area contributed by atoms with Gasteiger partial charge in [-0.15, -0.1) is 0 Å². The van der Waals surface area contributed by atoms with Crippen molar-refractivity contribution in [1.82, 2.24) is 20.0 Å². The first-order chi connectivity index (χ1) is 16.1. The predicted octanol–water partition coefficient (Wildman–Crippen LogP) is 3.46. The molecule has 0 radical (unpaired) electrons. The van der Waals surface area contributed by atoms with Gasteiger partial charge < -0.3 is 14.5 Å². The minimum absolute atomic E-state index is 0.0100. The number of nitrogens with one attached hydrogen (secondary N) is 1. The van der Waals surface area contributed by atoms with Crippen molar-refractivity contribution in [3.63, 3.8) is 0 Å². The minimum atomic E-state index is -0.242. The summed E-state index contributed by atoms with van der Waals surface area (Å²) in [5.41, 5.74) is 3.88. The number of hydrogen-bond acceptors (Lipinski definition) is 4. The van der Waals surface area contributed by atoms with Crippen LogP contribution in [0.5, 0.6) is 0 Å². The van der Waals surface area contributed by atoms with Crippen molar-refractivity contribution in [3.8, 4) is 0 Å². The fourth-order valence-electron chi connectivity index (χ4n) is 5.77. The van der Waals surface area contributed by atoms with Crippen LogP contribution < -0.4 is 0 Å². The number of H-pyrrole nitrogens is 1. The Hall–Kier alpha value is -3.19. The van der Waals surface area contributed by atoms with E-state index in [0.29, 0.717) is 38.3 Å². The Bertz CT molecular complexity index is 1210. The molecule has 4 heterocycles. The van der Waals surface area contributed by atoms with Crippen molar-refractivity contribution in [2.24, 2.45) is 5.92 Å². The molecule has 6 rings (SSSR count). The molecule has 2 aromatic carbocycles. The lowest BCUT2D eigenvalue weighted by Crippen LogP contribution is -2.50. The highest BCUT2D eigenvalue weighted by Crippen LogP contribution is 2.44. The highest BCUT2D eigenvalue weighted by atomic mass is 16.5. The van der Waals surface area contributed by atoms with Gasteiger partial charge in [0.2, 0.25) is 5.91 Å². The number of carbonyl (C=O) groups is 2. The lowest BCUT2D eigenvalue weighted by Gasteiger charge is -2.41. The van der Waals surface area contributed by atoms with E-state index in [0.717, 1.165) is 36.6 Å². The first-order valence-electron chi connectivity index (χ1n) is 11.9. The van der Waals surface area contributed by atoms with E-state index in [2.05, 4.69) is 34.5 Å². The molecule has 7 heteroatoms. The molecule has 1 unspecified atom stereocenters. The average molecular weight is 445 g/mol. The molecular formula is C26H28N4O3. The van der Waals surface area contributed by atoms with Crippen molar-refractivity contribution >= 4 is 22.7 Å². The number of piperidine rings is 2. The van der Waals surface area contributed by atoms with Crippen LogP contribution in [0, 0.1) is 5.92 Å². The van der Waals surface area contributed by atoms with E-state index >= 15 is 0 Å². The van der Waals surface area contributed by atoms with E-state index in [1.54, 1.807) is 6.20 Å². The summed E-state index contributed by atoms with van der Waals surface area (Å²) in [5, 5.41) is 7.86. The molecule has 0 saturated carbocycles.